The summed E-state index contributed by atoms with van der Waals surface area (Å²) in [6.45, 7) is 0.906. The standard InChI is InChI=1S/C11H11FN2/c12-8-2-1-3-10-7(8)6-11-9(13)4-5-14(10)11/h1-3,6,9H,4-5,13H2. The van der Waals surface area contributed by atoms with Gasteiger partial charge in [0.2, 0.25) is 0 Å². The van der Waals surface area contributed by atoms with Crippen molar-refractivity contribution in [2.75, 3.05) is 0 Å². The van der Waals surface area contributed by atoms with E-state index in [1.165, 1.54) is 6.07 Å². The van der Waals surface area contributed by atoms with Crippen LogP contribution in [0.3, 0.4) is 0 Å². The van der Waals surface area contributed by atoms with Crippen molar-refractivity contribution >= 4 is 10.9 Å². The summed E-state index contributed by atoms with van der Waals surface area (Å²) in [5, 5.41) is 0.692. The summed E-state index contributed by atoms with van der Waals surface area (Å²) < 4.78 is 15.5. The highest BCUT2D eigenvalue weighted by Crippen LogP contribution is 2.31. The number of hydrogen-bond acceptors (Lipinski definition) is 1. The maximum Gasteiger partial charge on any atom is 0.132 e. The first-order valence-electron chi connectivity index (χ1n) is 4.80. The van der Waals surface area contributed by atoms with E-state index < -0.39 is 0 Å². The lowest BCUT2D eigenvalue weighted by atomic mass is 10.2. The number of hydrogen-bond donors (Lipinski definition) is 1. The lowest BCUT2D eigenvalue weighted by molar-refractivity contribution is 0.638. The number of halogens is 1. The van der Waals surface area contributed by atoms with Crippen molar-refractivity contribution in [1.29, 1.82) is 0 Å². The molecule has 14 heavy (non-hydrogen) atoms. The van der Waals surface area contributed by atoms with Crippen LogP contribution in [0.25, 0.3) is 10.9 Å². The van der Waals surface area contributed by atoms with E-state index >= 15 is 0 Å². The normalized spacial score (nSPS) is 20.3. The molecule has 1 unspecified atom stereocenters. The summed E-state index contributed by atoms with van der Waals surface area (Å²) in [6, 6.07) is 7.13. The third-order valence-electron chi connectivity index (χ3n) is 2.97. The molecule has 0 saturated heterocycles. The third-order valence-corrected chi connectivity index (χ3v) is 2.97. The topological polar surface area (TPSA) is 30.9 Å². The lowest BCUT2D eigenvalue weighted by Crippen LogP contribution is -2.04. The van der Waals surface area contributed by atoms with Gasteiger partial charge in [0.1, 0.15) is 5.82 Å². The second kappa shape index (κ2) is 2.58. The summed E-state index contributed by atoms with van der Waals surface area (Å²) in [7, 11) is 0. The Labute approximate surface area is 81.1 Å². The van der Waals surface area contributed by atoms with E-state index in [-0.39, 0.29) is 11.9 Å². The van der Waals surface area contributed by atoms with E-state index in [0.29, 0.717) is 5.39 Å². The van der Waals surface area contributed by atoms with Gasteiger partial charge in [-0.25, -0.2) is 4.39 Å². The zero-order valence-electron chi connectivity index (χ0n) is 7.70. The molecule has 72 valence electrons. The number of benzene rings is 1. The second-order valence-electron chi connectivity index (χ2n) is 3.79. The van der Waals surface area contributed by atoms with E-state index in [4.69, 9.17) is 5.73 Å². The Hall–Kier alpha value is -1.35. The van der Waals surface area contributed by atoms with Gasteiger partial charge in [-0.15, -0.1) is 0 Å². The van der Waals surface area contributed by atoms with Crippen molar-refractivity contribution < 1.29 is 4.39 Å². The SMILES string of the molecule is NC1CCn2c1cc1c(F)cccc12. The highest BCUT2D eigenvalue weighted by atomic mass is 19.1. The molecule has 0 bridgehead atoms. The van der Waals surface area contributed by atoms with Crippen LogP contribution in [0, 0.1) is 5.82 Å². The number of aryl methyl sites for hydroxylation is 1. The number of nitrogens with two attached hydrogens (primary N) is 1. The molecule has 0 radical (unpaired) electrons. The molecule has 1 aliphatic rings. The Balaban J connectivity index is 2.40. The smallest absolute Gasteiger partial charge is 0.132 e. The average Bonchev–Trinajstić information content (AvgIpc) is 2.69. The van der Waals surface area contributed by atoms with E-state index in [9.17, 15) is 4.39 Å². The Bertz CT molecular complexity index is 501. The second-order valence-corrected chi connectivity index (χ2v) is 3.79. The molecule has 0 saturated carbocycles. The lowest BCUT2D eigenvalue weighted by Gasteiger charge is -1.99. The van der Waals surface area contributed by atoms with Crippen molar-refractivity contribution in [3.05, 3.63) is 35.8 Å². The van der Waals surface area contributed by atoms with Crippen LogP contribution in [-0.4, -0.2) is 4.57 Å². The van der Waals surface area contributed by atoms with Crippen molar-refractivity contribution in [3.63, 3.8) is 0 Å². The van der Waals surface area contributed by atoms with Gasteiger partial charge in [-0.3, -0.25) is 0 Å². The van der Waals surface area contributed by atoms with Gasteiger partial charge in [0.25, 0.3) is 0 Å². The quantitative estimate of drug-likeness (QED) is 0.678. The fourth-order valence-electron chi connectivity index (χ4n) is 2.24. The van der Waals surface area contributed by atoms with Crippen LogP contribution in [0.4, 0.5) is 4.39 Å². The summed E-state index contributed by atoms with van der Waals surface area (Å²) >= 11 is 0. The Morgan fingerprint density at radius 1 is 1.43 bits per heavy atom. The minimum Gasteiger partial charge on any atom is -0.343 e. The van der Waals surface area contributed by atoms with Crippen LogP contribution in [0.5, 0.6) is 0 Å². The van der Waals surface area contributed by atoms with Crippen LogP contribution < -0.4 is 5.73 Å². The van der Waals surface area contributed by atoms with E-state index in [2.05, 4.69) is 4.57 Å². The molecule has 1 aromatic carbocycles. The van der Waals surface area contributed by atoms with Gasteiger partial charge in [-0.05, 0) is 24.6 Å². The predicted octanol–water partition coefficient (Wildman–Crippen LogP) is 2.18. The van der Waals surface area contributed by atoms with Crippen molar-refractivity contribution in [2.24, 2.45) is 5.73 Å². The Kier molecular flexibility index (Phi) is 1.47. The molecule has 0 aliphatic carbocycles. The van der Waals surface area contributed by atoms with Crippen LogP contribution in [0.1, 0.15) is 18.2 Å². The van der Waals surface area contributed by atoms with Gasteiger partial charge in [-0.2, -0.15) is 0 Å². The van der Waals surface area contributed by atoms with E-state index in [1.807, 2.05) is 12.1 Å². The van der Waals surface area contributed by atoms with Crippen LogP contribution in [0.15, 0.2) is 24.3 Å². The number of aromatic nitrogens is 1. The van der Waals surface area contributed by atoms with Crippen molar-refractivity contribution in [1.82, 2.24) is 4.57 Å². The molecule has 0 fully saturated rings. The number of fused-ring (bicyclic) bond motifs is 3. The number of nitrogens with zero attached hydrogens (tertiary/aromatic N) is 1. The molecule has 1 aliphatic heterocycles. The molecule has 0 amide bonds. The maximum atomic E-state index is 13.4. The molecule has 2 heterocycles. The first-order chi connectivity index (χ1) is 6.77. The summed E-state index contributed by atoms with van der Waals surface area (Å²) in [5.41, 5.74) is 7.94. The van der Waals surface area contributed by atoms with E-state index in [1.54, 1.807) is 6.07 Å². The highest BCUT2D eigenvalue weighted by Gasteiger charge is 2.22. The van der Waals surface area contributed by atoms with Gasteiger partial charge in [0.15, 0.2) is 0 Å². The van der Waals surface area contributed by atoms with Gasteiger partial charge < -0.3 is 10.3 Å². The molecule has 3 rings (SSSR count). The van der Waals surface area contributed by atoms with Crippen molar-refractivity contribution in [2.45, 2.75) is 19.0 Å². The van der Waals surface area contributed by atoms with E-state index in [0.717, 1.165) is 24.2 Å². The first-order valence-corrected chi connectivity index (χ1v) is 4.80. The van der Waals surface area contributed by atoms with Crippen LogP contribution in [0.2, 0.25) is 0 Å². The first kappa shape index (κ1) is 8.00. The summed E-state index contributed by atoms with van der Waals surface area (Å²) in [4.78, 5) is 0. The van der Waals surface area contributed by atoms with Gasteiger partial charge in [0.05, 0.1) is 5.52 Å². The predicted molar refractivity (Wildman–Crippen MR) is 53.4 cm³/mol. The summed E-state index contributed by atoms with van der Waals surface area (Å²) in [6.07, 6.45) is 0.960. The average molecular weight is 190 g/mol. The fourth-order valence-corrected chi connectivity index (χ4v) is 2.24. The molecule has 1 aromatic heterocycles. The zero-order chi connectivity index (χ0) is 9.71. The van der Waals surface area contributed by atoms with Crippen LogP contribution in [-0.2, 0) is 6.54 Å². The molecule has 2 nitrogen and oxygen atoms in total. The molecule has 1 atom stereocenters. The zero-order valence-corrected chi connectivity index (χ0v) is 7.70. The summed E-state index contributed by atoms with van der Waals surface area (Å²) in [5.74, 6) is -0.156. The highest BCUT2D eigenvalue weighted by molar-refractivity contribution is 5.82. The van der Waals surface area contributed by atoms with Gasteiger partial charge in [0, 0.05) is 23.7 Å². The fraction of sp³-hybridized carbons (Fsp3) is 0.273. The monoisotopic (exact) mass is 190 g/mol. The van der Waals surface area contributed by atoms with Crippen molar-refractivity contribution in [3.8, 4) is 0 Å². The molecule has 0 spiro atoms. The van der Waals surface area contributed by atoms with Gasteiger partial charge in [-0.1, -0.05) is 6.07 Å². The Morgan fingerprint density at radius 2 is 2.29 bits per heavy atom. The molecule has 2 aromatic rings. The number of rotatable bonds is 0. The Morgan fingerprint density at radius 3 is 3.14 bits per heavy atom. The maximum absolute atomic E-state index is 13.4. The largest absolute Gasteiger partial charge is 0.343 e. The molecule has 3 heteroatoms. The third kappa shape index (κ3) is 0.876. The minimum absolute atomic E-state index is 0.0711. The molecular formula is C11H11FN2. The molecule has 2 N–H and O–H groups in total. The molecular weight excluding hydrogens is 179 g/mol. The van der Waals surface area contributed by atoms with Gasteiger partial charge >= 0.3 is 0 Å². The van der Waals surface area contributed by atoms with Crippen LogP contribution >= 0.6 is 0 Å². The minimum atomic E-state index is -0.156.